The smallest absolute Gasteiger partial charge is 0.222 e. The van der Waals surface area contributed by atoms with E-state index in [9.17, 15) is 4.79 Å². The van der Waals surface area contributed by atoms with Crippen LogP contribution in [0.5, 0.6) is 0 Å². The molecule has 1 N–H and O–H groups in total. The average molecular weight is 235 g/mol. The molecule has 92 valence electrons. The van der Waals surface area contributed by atoms with Crippen molar-refractivity contribution >= 4 is 11.7 Å². The summed E-state index contributed by atoms with van der Waals surface area (Å²) in [6.45, 7) is 4.90. The highest BCUT2D eigenvalue weighted by Crippen LogP contribution is 2.13. The molecule has 0 saturated carbocycles. The fourth-order valence-corrected chi connectivity index (χ4v) is 1.91. The van der Waals surface area contributed by atoms with Crippen molar-refractivity contribution in [3.8, 4) is 0 Å². The molecule has 17 heavy (non-hydrogen) atoms. The molecule has 1 saturated heterocycles. The summed E-state index contributed by atoms with van der Waals surface area (Å²) >= 11 is 0. The van der Waals surface area contributed by atoms with Gasteiger partial charge >= 0.3 is 0 Å². The third-order valence-corrected chi connectivity index (χ3v) is 2.87. The van der Waals surface area contributed by atoms with Gasteiger partial charge in [0.1, 0.15) is 0 Å². The van der Waals surface area contributed by atoms with Crippen LogP contribution in [0.25, 0.3) is 0 Å². The Morgan fingerprint density at radius 1 is 1.65 bits per heavy atom. The number of ketones is 1. The molecule has 2 rings (SSSR count). The molecule has 1 aromatic rings. The second-order valence-electron chi connectivity index (χ2n) is 4.26. The Bertz CT molecular complexity index is 414. The van der Waals surface area contributed by atoms with E-state index in [0.717, 1.165) is 26.0 Å². The number of hydrogen-bond acceptors (Lipinski definition) is 5. The van der Waals surface area contributed by atoms with Gasteiger partial charge in [0.15, 0.2) is 5.78 Å². The van der Waals surface area contributed by atoms with Gasteiger partial charge in [-0.25, -0.2) is 9.97 Å². The number of nitrogens with one attached hydrogen (secondary N) is 1. The molecular formula is C12H17N3O2. The zero-order valence-corrected chi connectivity index (χ0v) is 10.2. The Hall–Kier alpha value is -1.49. The maximum Gasteiger partial charge on any atom is 0.222 e. The lowest BCUT2D eigenvalue weighted by atomic mass is 10.2. The van der Waals surface area contributed by atoms with Crippen molar-refractivity contribution in [3.05, 3.63) is 17.5 Å². The number of anilines is 1. The topological polar surface area (TPSA) is 64.1 Å². The monoisotopic (exact) mass is 235 g/mol. The first-order chi connectivity index (χ1) is 8.16. The van der Waals surface area contributed by atoms with E-state index in [0.29, 0.717) is 17.2 Å². The van der Waals surface area contributed by atoms with Crippen LogP contribution in [-0.4, -0.2) is 35.0 Å². The molecule has 5 heteroatoms. The molecule has 1 fully saturated rings. The van der Waals surface area contributed by atoms with Gasteiger partial charge in [-0.05, 0) is 26.7 Å². The molecule has 1 unspecified atom stereocenters. The van der Waals surface area contributed by atoms with E-state index < -0.39 is 0 Å². The SMILES string of the molecule is CC(=O)c1cnc(NCC2CCCO2)nc1C. The minimum Gasteiger partial charge on any atom is -0.376 e. The summed E-state index contributed by atoms with van der Waals surface area (Å²) in [5.41, 5.74) is 1.29. The Labute approximate surface area is 101 Å². The van der Waals surface area contributed by atoms with Crippen LogP contribution in [0, 0.1) is 6.92 Å². The molecule has 1 aliphatic heterocycles. The van der Waals surface area contributed by atoms with Crippen LogP contribution in [0.15, 0.2) is 6.20 Å². The van der Waals surface area contributed by atoms with Crippen molar-refractivity contribution in [1.29, 1.82) is 0 Å². The largest absolute Gasteiger partial charge is 0.376 e. The third-order valence-electron chi connectivity index (χ3n) is 2.87. The van der Waals surface area contributed by atoms with Gasteiger partial charge in [-0.15, -0.1) is 0 Å². The number of nitrogens with zero attached hydrogens (tertiary/aromatic N) is 2. The maximum absolute atomic E-state index is 11.2. The maximum atomic E-state index is 11.2. The van der Waals surface area contributed by atoms with Crippen LogP contribution < -0.4 is 5.32 Å². The van der Waals surface area contributed by atoms with Gasteiger partial charge in [0, 0.05) is 19.3 Å². The summed E-state index contributed by atoms with van der Waals surface area (Å²) in [5.74, 6) is 0.552. The van der Waals surface area contributed by atoms with Crippen molar-refractivity contribution in [2.24, 2.45) is 0 Å². The number of hydrogen-bond donors (Lipinski definition) is 1. The number of aromatic nitrogens is 2. The summed E-state index contributed by atoms with van der Waals surface area (Å²) in [6, 6.07) is 0. The van der Waals surface area contributed by atoms with Gasteiger partial charge in [0.05, 0.1) is 17.4 Å². The molecule has 1 aromatic heterocycles. The first-order valence-electron chi connectivity index (χ1n) is 5.87. The van der Waals surface area contributed by atoms with Crippen LogP contribution in [0.3, 0.4) is 0 Å². The van der Waals surface area contributed by atoms with Crippen LogP contribution in [0.1, 0.15) is 35.8 Å². The quantitative estimate of drug-likeness (QED) is 0.803. The summed E-state index contributed by atoms with van der Waals surface area (Å²) in [4.78, 5) is 19.6. The molecule has 0 aromatic carbocycles. The van der Waals surface area contributed by atoms with Gasteiger partial charge in [-0.1, -0.05) is 0 Å². The number of aryl methyl sites for hydroxylation is 1. The van der Waals surface area contributed by atoms with E-state index in [4.69, 9.17) is 4.74 Å². The van der Waals surface area contributed by atoms with Crippen molar-refractivity contribution < 1.29 is 9.53 Å². The molecule has 0 bridgehead atoms. The normalized spacial score (nSPS) is 19.3. The van der Waals surface area contributed by atoms with E-state index in [2.05, 4.69) is 15.3 Å². The molecule has 0 radical (unpaired) electrons. The van der Waals surface area contributed by atoms with Gasteiger partial charge < -0.3 is 10.1 Å². The summed E-state index contributed by atoms with van der Waals surface area (Å²) in [6.07, 6.45) is 4.03. The highest BCUT2D eigenvalue weighted by molar-refractivity contribution is 5.94. The Morgan fingerprint density at radius 2 is 2.47 bits per heavy atom. The predicted octanol–water partition coefficient (Wildman–Crippen LogP) is 1.58. The molecule has 1 atom stereocenters. The summed E-state index contributed by atoms with van der Waals surface area (Å²) < 4.78 is 5.49. The zero-order valence-electron chi connectivity index (χ0n) is 10.2. The predicted molar refractivity (Wildman–Crippen MR) is 64.2 cm³/mol. The fourth-order valence-electron chi connectivity index (χ4n) is 1.91. The van der Waals surface area contributed by atoms with Crippen LogP contribution in [0.4, 0.5) is 5.95 Å². The molecular weight excluding hydrogens is 218 g/mol. The average Bonchev–Trinajstić information content (AvgIpc) is 2.78. The van der Waals surface area contributed by atoms with Gasteiger partial charge in [-0.3, -0.25) is 4.79 Å². The molecule has 1 aliphatic rings. The van der Waals surface area contributed by atoms with Crippen LogP contribution in [0.2, 0.25) is 0 Å². The molecule has 2 heterocycles. The molecule has 0 aliphatic carbocycles. The Kier molecular flexibility index (Phi) is 3.68. The summed E-state index contributed by atoms with van der Waals surface area (Å²) in [5, 5.41) is 3.14. The van der Waals surface area contributed by atoms with Crippen LogP contribution >= 0.6 is 0 Å². The number of rotatable bonds is 4. The fraction of sp³-hybridized carbons (Fsp3) is 0.583. The summed E-state index contributed by atoms with van der Waals surface area (Å²) in [7, 11) is 0. The van der Waals surface area contributed by atoms with Crippen molar-refractivity contribution in [3.63, 3.8) is 0 Å². The number of carbonyl (C=O) groups excluding carboxylic acids is 1. The van der Waals surface area contributed by atoms with E-state index in [-0.39, 0.29) is 11.9 Å². The lowest BCUT2D eigenvalue weighted by Crippen LogP contribution is -2.20. The van der Waals surface area contributed by atoms with Crippen molar-refractivity contribution in [2.75, 3.05) is 18.5 Å². The van der Waals surface area contributed by atoms with Crippen molar-refractivity contribution in [2.45, 2.75) is 32.8 Å². The standard InChI is InChI=1S/C12H17N3O2/c1-8-11(9(2)16)7-14-12(15-8)13-6-10-4-3-5-17-10/h7,10H,3-6H2,1-2H3,(H,13,14,15). The van der Waals surface area contributed by atoms with Gasteiger partial charge in [-0.2, -0.15) is 0 Å². The highest BCUT2D eigenvalue weighted by Gasteiger charge is 2.15. The molecule has 0 amide bonds. The minimum atomic E-state index is -0.00632. The number of ether oxygens (including phenoxy) is 1. The lowest BCUT2D eigenvalue weighted by molar-refractivity contribution is 0.101. The minimum absolute atomic E-state index is 0.00632. The third kappa shape index (κ3) is 3.00. The number of Topliss-reactive ketones (excluding diaryl/α,β-unsaturated/α-hetero) is 1. The van der Waals surface area contributed by atoms with Gasteiger partial charge in [0.25, 0.3) is 0 Å². The zero-order chi connectivity index (χ0) is 12.3. The highest BCUT2D eigenvalue weighted by atomic mass is 16.5. The lowest BCUT2D eigenvalue weighted by Gasteiger charge is -2.11. The van der Waals surface area contributed by atoms with E-state index in [1.807, 2.05) is 6.92 Å². The molecule has 0 spiro atoms. The second kappa shape index (κ2) is 5.23. The Morgan fingerprint density at radius 3 is 3.06 bits per heavy atom. The van der Waals surface area contributed by atoms with Crippen molar-refractivity contribution in [1.82, 2.24) is 9.97 Å². The first kappa shape index (κ1) is 12.0. The number of carbonyl (C=O) groups is 1. The van der Waals surface area contributed by atoms with E-state index in [1.165, 1.54) is 6.92 Å². The Balaban J connectivity index is 1.97. The second-order valence-corrected chi connectivity index (χ2v) is 4.26. The molecule has 5 nitrogen and oxygen atoms in total. The van der Waals surface area contributed by atoms with Gasteiger partial charge in [0.2, 0.25) is 5.95 Å². The van der Waals surface area contributed by atoms with E-state index in [1.54, 1.807) is 6.20 Å². The van der Waals surface area contributed by atoms with E-state index >= 15 is 0 Å². The first-order valence-corrected chi connectivity index (χ1v) is 5.87. The van der Waals surface area contributed by atoms with Crippen LogP contribution in [-0.2, 0) is 4.74 Å².